The zero-order valence-corrected chi connectivity index (χ0v) is 13.4. The maximum atomic E-state index is 11.4. The van der Waals surface area contributed by atoms with Crippen LogP contribution in [0.2, 0.25) is 0 Å². The number of aryl methyl sites for hydroxylation is 2. The molecule has 1 aliphatic carbocycles. The third-order valence-electron chi connectivity index (χ3n) is 3.66. The highest BCUT2D eigenvalue weighted by Gasteiger charge is 2.14. The van der Waals surface area contributed by atoms with Crippen molar-refractivity contribution in [3.8, 4) is 0 Å². The summed E-state index contributed by atoms with van der Waals surface area (Å²) in [6.07, 6.45) is 5.76. The van der Waals surface area contributed by atoms with Gasteiger partial charge < -0.3 is 10.6 Å². The first-order chi connectivity index (χ1) is 10.8. The third kappa shape index (κ3) is 3.41. The average Bonchev–Trinajstić information content (AvgIpc) is 2.97. The van der Waals surface area contributed by atoms with Crippen molar-refractivity contribution in [2.45, 2.75) is 32.1 Å². The lowest BCUT2D eigenvalue weighted by Gasteiger charge is -2.06. The molecule has 7 heteroatoms. The highest BCUT2D eigenvalue weighted by molar-refractivity contribution is 7.11. The Labute approximate surface area is 133 Å². The largest absolute Gasteiger partial charge is 0.368 e. The van der Waals surface area contributed by atoms with E-state index in [1.165, 1.54) is 34.8 Å². The second kappa shape index (κ2) is 6.83. The molecular weight excluding hydrogens is 298 g/mol. The van der Waals surface area contributed by atoms with Gasteiger partial charge in [-0.1, -0.05) is 0 Å². The van der Waals surface area contributed by atoms with E-state index in [4.69, 9.17) is 4.98 Å². The topological polar surface area (TPSA) is 79.8 Å². The first-order valence-corrected chi connectivity index (χ1v) is 8.35. The Balaban J connectivity index is 1.52. The highest BCUT2D eigenvalue weighted by Crippen LogP contribution is 2.26. The molecule has 6 nitrogen and oxygen atoms in total. The molecule has 2 N–H and O–H groups in total. The summed E-state index contributed by atoms with van der Waals surface area (Å²) in [6.45, 7) is 0.764. The van der Waals surface area contributed by atoms with Crippen LogP contribution in [0.25, 0.3) is 0 Å². The smallest absolute Gasteiger partial charge is 0.271 e. The van der Waals surface area contributed by atoms with E-state index in [2.05, 4.69) is 20.8 Å². The monoisotopic (exact) mass is 317 g/mol. The number of nitrogens with one attached hydrogen (secondary N) is 2. The van der Waals surface area contributed by atoms with Crippen molar-refractivity contribution in [3.63, 3.8) is 0 Å². The molecule has 0 spiro atoms. The van der Waals surface area contributed by atoms with Gasteiger partial charge in [0.15, 0.2) is 5.69 Å². The molecule has 0 saturated heterocycles. The molecule has 2 aromatic rings. The summed E-state index contributed by atoms with van der Waals surface area (Å²) < 4.78 is 0. The second-order valence-electron chi connectivity index (χ2n) is 5.24. The van der Waals surface area contributed by atoms with E-state index < -0.39 is 0 Å². The summed E-state index contributed by atoms with van der Waals surface area (Å²) in [4.78, 5) is 17.6. The summed E-state index contributed by atoms with van der Waals surface area (Å²) >= 11 is 1.84. The van der Waals surface area contributed by atoms with E-state index in [1.54, 1.807) is 19.2 Å². The van der Waals surface area contributed by atoms with E-state index >= 15 is 0 Å². The summed E-state index contributed by atoms with van der Waals surface area (Å²) in [7, 11) is 1.57. The normalized spacial score (nSPS) is 13.5. The maximum Gasteiger partial charge on any atom is 0.271 e. The number of carbonyl (C=O) groups excluding carboxylic acids is 1. The predicted molar refractivity (Wildman–Crippen MR) is 86.4 cm³/mol. The summed E-state index contributed by atoms with van der Waals surface area (Å²) in [5.41, 5.74) is 1.63. The Bertz CT molecular complexity index is 629. The Morgan fingerprint density at radius 3 is 2.86 bits per heavy atom. The number of hydrogen-bond donors (Lipinski definition) is 2. The quantitative estimate of drug-likeness (QED) is 0.879. The molecule has 22 heavy (non-hydrogen) atoms. The molecule has 0 aromatic carbocycles. The summed E-state index contributed by atoms with van der Waals surface area (Å²) in [6, 6.07) is 3.43. The predicted octanol–water partition coefficient (Wildman–Crippen LogP) is 1.83. The molecule has 0 bridgehead atoms. The van der Waals surface area contributed by atoms with Crippen molar-refractivity contribution < 1.29 is 4.79 Å². The van der Waals surface area contributed by atoms with Crippen LogP contribution in [0, 0.1) is 0 Å². The zero-order chi connectivity index (χ0) is 15.4. The number of hydrogen-bond acceptors (Lipinski definition) is 6. The summed E-state index contributed by atoms with van der Waals surface area (Å²) in [5, 5.41) is 14.8. The lowest BCUT2D eigenvalue weighted by Crippen LogP contribution is -2.20. The van der Waals surface area contributed by atoms with Gasteiger partial charge in [0.05, 0.1) is 10.7 Å². The minimum atomic E-state index is -0.229. The number of rotatable bonds is 5. The Morgan fingerprint density at radius 2 is 2.14 bits per heavy atom. The van der Waals surface area contributed by atoms with Crippen molar-refractivity contribution in [3.05, 3.63) is 33.4 Å². The van der Waals surface area contributed by atoms with Crippen LogP contribution in [-0.4, -0.2) is 34.7 Å². The van der Waals surface area contributed by atoms with E-state index in [0.29, 0.717) is 11.5 Å². The number of thiazole rings is 1. The molecule has 0 atom stereocenters. The van der Waals surface area contributed by atoms with E-state index in [9.17, 15) is 4.79 Å². The lowest BCUT2D eigenvalue weighted by atomic mass is 10.0. The van der Waals surface area contributed by atoms with Gasteiger partial charge in [-0.2, -0.15) is 0 Å². The van der Waals surface area contributed by atoms with Gasteiger partial charge in [-0.05, 0) is 37.8 Å². The first kappa shape index (κ1) is 14.9. The third-order valence-corrected chi connectivity index (χ3v) is 4.88. The molecule has 0 saturated carbocycles. The molecule has 0 unspecified atom stereocenters. The molecule has 1 aliphatic rings. The number of nitrogens with zero attached hydrogens (tertiary/aromatic N) is 3. The van der Waals surface area contributed by atoms with Crippen molar-refractivity contribution in [2.75, 3.05) is 18.9 Å². The van der Waals surface area contributed by atoms with Crippen LogP contribution in [0.5, 0.6) is 0 Å². The molecule has 116 valence electrons. The Morgan fingerprint density at radius 1 is 1.27 bits per heavy atom. The van der Waals surface area contributed by atoms with Gasteiger partial charge in [0.1, 0.15) is 5.82 Å². The number of carbonyl (C=O) groups is 1. The molecule has 0 aliphatic heterocycles. The van der Waals surface area contributed by atoms with Crippen LogP contribution in [0.1, 0.15) is 38.9 Å². The van der Waals surface area contributed by atoms with Gasteiger partial charge in [0.2, 0.25) is 0 Å². The Hall–Kier alpha value is -2.02. The van der Waals surface area contributed by atoms with E-state index in [1.807, 2.05) is 11.3 Å². The fourth-order valence-corrected chi connectivity index (χ4v) is 3.64. The van der Waals surface area contributed by atoms with Gasteiger partial charge in [-0.3, -0.25) is 4.79 Å². The van der Waals surface area contributed by atoms with Gasteiger partial charge in [0, 0.05) is 24.9 Å². The van der Waals surface area contributed by atoms with Crippen LogP contribution in [0.15, 0.2) is 12.1 Å². The van der Waals surface area contributed by atoms with Crippen LogP contribution >= 0.6 is 11.3 Å². The highest BCUT2D eigenvalue weighted by atomic mass is 32.1. The average molecular weight is 317 g/mol. The fraction of sp³-hybridized carbons (Fsp3) is 0.467. The van der Waals surface area contributed by atoms with Crippen LogP contribution in [0.3, 0.4) is 0 Å². The van der Waals surface area contributed by atoms with Crippen molar-refractivity contribution in [1.29, 1.82) is 0 Å². The molecule has 1 amide bonds. The molecule has 0 fully saturated rings. The van der Waals surface area contributed by atoms with Gasteiger partial charge in [-0.25, -0.2) is 4.98 Å². The number of aromatic nitrogens is 3. The van der Waals surface area contributed by atoms with Crippen LogP contribution < -0.4 is 10.6 Å². The molecule has 2 aromatic heterocycles. The molecule has 2 heterocycles. The SMILES string of the molecule is CNC(=O)c1ccc(NCCc2nc3c(s2)CCCC3)nn1. The summed E-state index contributed by atoms with van der Waals surface area (Å²) in [5.74, 6) is 0.446. The van der Waals surface area contributed by atoms with Crippen molar-refractivity contribution in [1.82, 2.24) is 20.5 Å². The van der Waals surface area contributed by atoms with Crippen LogP contribution in [0.4, 0.5) is 5.82 Å². The van der Waals surface area contributed by atoms with E-state index in [0.717, 1.165) is 19.4 Å². The zero-order valence-electron chi connectivity index (χ0n) is 12.6. The first-order valence-electron chi connectivity index (χ1n) is 7.53. The standard InChI is InChI=1S/C15H19N5OS/c1-16-15(21)11-6-7-13(20-19-11)17-9-8-14-18-10-4-2-3-5-12(10)22-14/h6-7H,2-5,8-9H2,1H3,(H,16,21)(H,17,20). The van der Waals surface area contributed by atoms with Gasteiger partial charge in [0.25, 0.3) is 5.91 Å². The van der Waals surface area contributed by atoms with Crippen LogP contribution in [-0.2, 0) is 19.3 Å². The fourth-order valence-electron chi connectivity index (χ4n) is 2.49. The van der Waals surface area contributed by atoms with E-state index in [-0.39, 0.29) is 5.91 Å². The molecule has 3 rings (SSSR count). The molecular formula is C15H19N5OS. The molecule has 0 radical (unpaired) electrons. The van der Waals surface area contributed by atoms with Gasteiger partial charge >= 0.3 is 0 Å². The number of amides is 1. The number of fused-ring (bicyclic) bond motifs is 1. The minimum absolute atomic E-state index is 0.229. The van der Waals surface area contributed by atoms with Crippen molar-refractivity contribution in [2.24, 2.45) is 0 Å². The van der Waals surface area contributed by atoms with Crippen molar-refractivity contribution >= 4 is 23.1 Å². The number of anilines is 1. The lowest BCUT2D eigenvalue weighted by molar-refractivity contribution is 0.0957. The minimum Gasteiger partial charge on any atom is -0.368 e. The maximum absolute atomic E-state index is 11.4. The Kier molecular flexibility index (Phi) is 4.62. The second-order valence-corrected chi connectivity index (χ2v) is 6.41. The van der Waals surface area contributed by atoms with Gasteiger partial charge in [-0.15, -0.1) is 21.5 Å².